The number of aromatic nitrogens is 1. The van der Waals surface area contributed by atoms with E-state index in [1.807, 2.05) is 6.07 Å². The lowest BCUT2D eigenvalue weighted by molar-refractivity contribution is -0.141. The van der Waals surface area contributed by atoms with Crippen molar-refractivity contribution < 1.29 is 9.53 Å². The van der Waals surface area contributed by atoms with E-state index < -0.39 is 11.9 Å². The average molecular weight is 201 g/mol. The molecule has 15 heavy (non-hydrogen) atoms. The van der Waals surface area contributed by atoms with Gasteiger partial charge in [-0.25, -0.2) is 0 Å². The Morgan fingerprint density at radius 3 is 2.67 bits per heavy atom. The first-order valence-corrected chi connectivity index (χ1v) is 4.06. The molecule has 0 aliphatic rings. The third-order valence-corrected chi connectivity index (χ3v) is 1.78. The normalized spacial score (nSPS) is 10.9. The lowest BCUT2D eigenvalue weighted by atomic mass is 10.1. The molecule has 0 bridgehead atoms. The summed E-state index contributed by atoms with van der Waals surface area (Å²) in [4.78, 5) is 15.0. The molecule has 5 nitrogen and oxygen atoms in total. The molecule has 1 aromatic heterocycles. The Morgan fingerprint density at radius 2 is 2.27 bits per heavy atom. The van der Waals surface area contributed by atoms with Crippen LogP contribution in [0.1, 0.15) is 17.2 Å². The summed E-state index contributed by atoms with van der Waals surface area (Å²) in [5.41, 5.74) is 0.656. The van der Waals surface area contributed by atoms with E-state index in [1.165, 1.54) is 25.4 Å². The molecule has 1 atom stereocenters. The average Bonchev–Trinajstić information content (AvgIpc) is 2.30. The minimum absolute atomic E-state index is 0.281. The summed E-state index contributed by atoms with van der Waals surface area (Å²) in [7, 11) is 1.20. The van der Waals surface area contributed by atoms with Crippen molar-refractivity contribution in [2.45, 2.75) is 5.92 Å². The number of methoxy groups -OCH3 is 1. The Balaban J connectivity index is 3.00. The summed E-state index contributed by atoms with van der Waals surface area (Å²) in [5.74, 6) is -1.70. The lowest BCUT2D eigenvalue weighted by Crippen LogP contribution is -2.13. The lowest BCUT2D eigenvalue weighted by Gasteiger charge is -2.05. The second-order valence-electron chi connectivity index (χ2n) is 2.67. The first-order valence-electron chi connectivity index (χ1n) is 4.06. The van der Waals surface area contributed by atoms with E-state index in [-0.39, 0.29) is 5.69 Å². The van der Waals surface area contributed by atoms with E-state index >= 15 is 0 Å². The first kappa shape index (κ1) is 10.7. The highest BCUT2D eigenvalue weighted by molar-refractivity contribution is 5.80. The Hall–Kier alpha value is -2.40. The number of hydrogen-bond acceptors (Lipinski definition) is 5. The maximum absolute atomic E-state index is 11.1. The number of nitrogens with zero attached hydrogens (tertiary/aromatic N) is 3. The highest BCUT2D eigenvalue weighted by Gasteiger charge is 2.21. The molecule has 0 aliphatic carbocycles. The van der Waals surface area contributed by atoms with Crippen LogP contribution in [0, 0.1) is 22.7 Å². The molecule has 0 N–H and O–H groups in total. The molecule has 0 aliphatic heterocycles. The topological polar surface area (TPSA) is 86.8 Å². The van der Waals surface area contributed by atoms with E-state index in [9.17, 15) is 4.79 Å². The quantitative estimate of drug-likeness (QED) is 0.658. The number of esters is 1. The van der Waals surface area contributed by atoms with Gasteiger partial charge in [-0.2, -0.15) is 10.5 Å². The first-order chi connectivity index (χ1) is 7.22. The van der Waals surface area contributed by atoms with Crippen molar-refractivity contribution in [2.24, 2.45) is 0 Å². The molecule has 1 heterocycles. The zero-order valence-electron chi connectivity index (χ0n) is 7.97. The predicted molar refractivity (Wildman–Crippen MR) is 49.3 cm³/mol. The molecule has 1 rings (SSSR count). The van der Waals surface area contributed by atoms with Gasteiger partial charge in [0.1, 0.15) is 6.07 Å². The number of nitriles is 2. The fourth-order valence-electron chi connectivity index (χ4n) is 1.000. The molecule has 0 spiro atoms. The molecule has 1 aromatic rings. The zero-order valence-corrected chi connectivity index (χ0v) is 7.97. The van der Waals surface area contributed by atoms with Crippen LogP contribution in [-0.4, -0.2) is 18.1 Å². The van der Waals surface area contributed by atoms with Gasteiger partial charge in [0.25, 0.3) is 0 Å². The molecule has 0 saturated heterocycles. The summed E-state index contributed by atoms with van der Waals surface area (Å²) in [5, 5.41) is 17.3. The van der Waals surface area contributed by atoms with E-state index in [0.717, 1.165) is 0 Å². The Morgan fingerprint density at radius 1 is 1.53 bits per heavy atom. The van der Waals surface area contributed by atoms with Crippen molar-refractivity contribution in [2.75, 3.05) is 7.11 Å². The van der Waals surface area contributed by atoms with Crippen LogP contribution in [0.3, 0.4) is 0 Å². The van der Waals surface area contributed by atoms with E-state index in [2.05, 4.69) is 9.72 Å². The monoisotopic (exact) mass is 201 g/mol. The van der Waals surface area contributed by atoms with Crippen LogP contribution in [0.25, 0.3) is 0 Å². The highest BCUT2D eigenvalue weighted by Crippen LogP contribution is 2.13. The molecular formula is C10H7N3O2. The third-order valence-electron chi connectivity index (χ3n) is 1.78. The van der Waals surface area contributed by atoms with Crippen LogP contribution >= 0.6 is 0 Å². The van der Waals surface area contributed by atoms with Crippen LogP contribution in [0.2, 0.25) is 0 Å². The van der Waals surface area contributed by atoms with Gasteiger partial charge in [0, 0.05) is 6.20 Å². The molecule has 0 fully saturated rings. The number of ether oxygens (including phenoxy) is 1. The summed E-state index contributed by atoms with van der Waals surface area (Å²) < 4.78 is 4.45. The minimum atomic E-state index is -1.04. The van der Waals surface area contributed by atoms with Crippen molar-refractivity contribution in [3.63, 3.8) is 0 Å². The summed E-state index contributed by atoms with van der Waals surface area (Å²) >= 11 is 0. The number of hydrogen-bond donors (Lipinski definition) is 0. The molecule has 1 unspecified atom stereocenters. The van der Waals surface area contributed by atoms with Crippen molar-refractivity contribution in [1.82, 2.24) is 4.98 Å². The molecule has 0 amide bonds. The van der Waals surface area contributed by atoms with Crippen LogP contribution in [0.5, 0.6) is 0 Å². The Labute approximate surface area is 86.5 Å². The van der Waals surface area contributed by atoms with Gasteiger partial charge in [-0.15, -0.1) is 0 Å². The van der Waals surface area contributed by atoms with Gasteiger partial charge in [-0.3, -0.25) is 9.78 Å². The van der Waals surface area contributed by atoms with Crippen LogP contribution < -0.4 is 0 Å². The molecule has 5 heteroatoms. The van der Waals surface area contributed by atoms with Crippen molar-refractivity contribution in [3.8, 4) is 12.1 Å². The van der Waals surface area contributed by atoms with Crippen molar-refractivity contribution in [1.29, 1.82) is 10.5 Å². The van der Waals surface area contributed by atoms with E-state index in [4.69, 9.17) is 10.5 Å². The number of carbonyl (C=O) groups excluding carboxylic acids is 1. The maximum Gasteiger partial charge on any atom is 0.329 e. The molecular weight excluding hydrogens is 194 g/mol. The second kappa shape index (κ2) is 4.73. The van der Waals surface area contributed by atoms with E-state index in [0.29, 0.717) is 5.56 Å². The number of carbonyl (C=O) groups is 1. The molecule has 0 radical (unpaired) electrons. The van der Waals surface area contributed by atoms with Gasteiger partial charge >= 0.3 is 5.97 Å². The summed E-state index contributed by atoms with van der Waals surface area (Å²) in [6.45, 7) is 0. The number of rotatable bonds is 2. The van der Waals surface area contributed by atoms with Gasteiger partial charge in [-0.1, -0.05) is 0 Å². The fraction of sp³-hybridized carbons (Fsp3) is 0.200. The van der Waals surface area contributed by atoms with Gasteiger partial charge in [0.15, 0.2) is 5.92 Å². The largest absolute Gasteiger partial charge is 0.468 e. The maximum atomic E-state index is 11.1. The standard InChI is InChI=1S/C10H7N3O2/c1-15-10(14)8(5-12)9-3-2-7(4-11)6-13-9/h2-3,6,8H,1H3. The van der Waals surface area contributed by atoms with E-state index in [1.54, 1.807) is 6.07 Å². The second-order valence-corrected chi connectivity index (χ2v) is 2.67. The highest BCUT2D eigenvalue weighted by atomic mass is 16.5. The van der Waals surface area contributed by atoms with Gasteiger partial charge in [0.05, 0.1) is 24.4 Å². The fourth-order valence-corrected chi connectivity index (χ4v) is 1.000. The van der Waals surface area contributed by atoms with Crippen LogP contribution in [0.15, 0.2) is 18.3 Å². The van der Waals surface area contributed by atoms with Gasteiger partial charge < -0.3 is 4.74 Å². The minimum Gasteiger partial charge on any atom is -0.468 e. The van der Waals surface area contributed by atoms with Crippen LogP contribution in [0.4, 0.5) is 0 Å². The smallest absolute Gasteiger partial charge is 0.329 e. The Bertz CT molecular complexity index is 439. The molecule has 0 saturated carbocycles. The van der Waals surface area contributed by atoms with Crippen molar-refractivity contribution in [3.05, 3.63) is 29.6 Å². The Kier molecular flexibility index (Phi) is 3.37. The molecule has 0 aromatic carbocycles. The zero-order chi connectivity index (χ0) is 11.3. The third kappa shape index (κ3) is 2.29. The van der Waals surface area contributed by atoms with Gasteiger partial charge in [0.2, 0.25) is 0 Å². The molecule has 74 valence electrons. The number of pyridine rings is 1. The van der Waals surface area contributed by atoms with Crippen molar-refractivity contribution >= 4 is 5.97 Å². The predicted octanol–water partition coefficient (Wildman–Crippen LogP) is 0.733. The van der Waals surface area contributed by atoms with Gasteiger partial charge in [-0.05, 0) is 12.1 Å². The SMILES string of the molecule is COC(=O)C(C#N)c1ccc(C#N)cn1. The summed E-state index contributed by atoms with van der Waals surface area (Å²) in [6.07, 6.45) is 1.31. The summed E-state index contributed by atoms with van der Waals surface area (Å²) in [6, 6.07) is 6.64. The van der Waals surface area contributed by atoms with Crippen LogP contribution in [-0.2, 0) is 9.53 Å².